The van der Waals surface area contributed by atoms with Crippen molar-refractivity contribution in [3.8, 4) is 11.1 Å². The van der Waals surface area contributed by atoms with Crippen LogP contribution in [0.3, 0.4) is 0 Å². The maximum absolute atomic E-state index is 3.74. The molecule has 6 aromatic carbocycles. The van der Waals surface area contributed by atoms with Crippen molar-refractivity contribution in [2.24, 2.45) is 0 Å². The third-order valence-corrected chi connectivity index (χ3v) is 8.37. The minimum atomic E-state index is 1.19. The first-order valence-corrected chi connectivity index (χ1v) is 12.4. The lowest BCUT2D eigenvalue weighted by atomic mass is 9.94. The number of H-pyrrole nitrogens is 1. The molecule has 0 aliphatic heterocycles. The van der Waals surface area contributed by atoms with E-state index in [1.165, 1.54) is 74.6 Å². The summed E-state index contributed by atoms with van der Waals surface area (Å²) in [6.45, 7) is 0. The van der Waals surface area contributed by atoms with Crippen LogP contribution in [0.25, 0.3) is 74.6 Å². The lowest BCUT2D eigenvalue weighted by Crippen LogP contribution is -1.83. The number of hydrogen-bond acceptors (Lipinski definition) is 1. The molecule has 0 saturated carbocycles. The minimum Gasteiger partial charge on any atom is -0.354 e. The van der Waals surface area contributed by atoms with Gasteiger partial charge in [-0.05, 0) is 45.3 Å². The molecule has 8 rings (SSSR count). The lowest BCUT2D eigenvalue weighted by molar-refractivity contribution is 1.55. The molecule has 0 unspecified atom stereocenters. The number of nitrogens with one attached hydrogen (secondary N) is 1. The Morgan fingerprint density at radius 2 is 1.18 bits per heavy atom. The van der Waals surface area contributed by atoms with Gasteiger partial charge in [0.2, 0.25) is 0 Å². The SMILES string of the molecule is c1ccc2c(-c3cc4[nH]c5ccccc5c4c4c3sc3ccc5ccccc5c34)cccc2c1. The van der Waals surface area contributed by atoms with Crippen molar-refractivity contribution in [3.05, 3.63) is 109 Å². The van der Waals surface area contributed by atoms with Crippen LogP contribution in [0.4, 0.5) is 0 Å². The second kappa shape index (κ2) is 6.69. The Kier molecular flexibility index (Phi) is 3.60. The second-order valence-corrected chi connectivity index (χ2v) is 10.1. The van der Waals surface area contributed by atoms with Crippen LogP contribution >= 0.6 is 11.3 Å². The van der Waals surface area contributed by atoms with Crippen molar-refractivity contribution < 1.29 is 0 Å². The van der Waals surface area contributed by atoms with E-state index in [1.807, 2.05) is 11.3 Å². The largest absolute Gasteiger partial charge is 0.354 e. The van der Waals surface area contributed by atoms with Crippen LogP contribution in [0.1, 0.15) is 0 Å². The van der Waals surface area contributed by atoms with E-state index in [1.54, 1.807) is 0 Å². The molecule has 1 nitrogen and oxygen atoms in total. The summed E-state index contributed by atoms with van der Waals surface area (Å²) >= 11 is 1.92. The van der Waals surface area contributed by atoms with Gasteiger partial charge in [-0.15, -0.1) is 11.3 Å². The molecule has 0 saturated heterocycles. The summed E-state index contributed by atoms with van der Waals surface area (Å²) in [5.74, 6) is 0. The molecule has 0 atom stereocenters. The molecule has 2 heterocycles. The third kappa shape index (κ3) is 2.38. The van der Waals surface area contributed by atoms with Crippen molar-refractivity contribution in [1.82, 2.24) is 4.98 Å². The topological polar surface area (TPSA) is 15.8 Å². The van der Waals surface area contributed by atoms with Gasteiger partial charge in [0.05, 0.1) is 0 Å². The number of aromatic nitrogens is 1. The molecule has 2 heteroatoms. The number of aromatic amines is 1. The zero-order valence-electron chi connectivity index (χ0n) is 18.3. The average Bonchev–Trinajstić information content (AvgIpc) is 3.46. The van der Waals surface area contributed by atoms with Gasteiger partial charge in [-0.2, -0.15) is 0 Å². The van der Waals surface area contributed by atoms with Gasteiger partial charge in [-0.25, -0.2) is 0 Å². The van der Waals surface area contributed by atoms with Crippen molar-refractivity contribution in [3.63, 3.8) is 0 Å². The van der Waals surface area contributed by atoms with Crippen molar-refractivity contribution in [1.29, 1.82) is 0 Å². The van der Waals surface area contributed by atoms with Gasteiger partial charge in [-0.3, -0.25) is 0 Å². The Labute approximate surface area is 199 Å². The maximum atomic E-state index is 3.74. The smallest absolute Gasteiger partial charge is 0.0478 e. The molecule has 8 aromatic rings. The molecule has 0 amide bonds. The number of fused-ring (bicyclic) bond motifs is 10. The summed E-state index contributed by atoms with van der Waals surface area (Å²) in [5, 5.41) is 10.5. The highest BCUT2D eigenvalue weighted by atomic mass is 32.1. The molecule has 0 aliphatic carbocycles. The fourth-order valence-electron chi connectivity index (χ4n) is 5.71. The molecule has 0 aliphatic rings. The Hall–Kier alpha value is -4.14. The molecule has 1 N–H and O–H groups in total. The van der Waals surface area contributed by atoms with E-state index in [2.05, 4.69) is 114 Å². The molecule has 0 fully saturated rings. The summed E-state index contributed by atoms with van der Waals surface area (Å²) < 4.78 is 2.70. The van der Waals surface area contributed by atoms with Crippen LogP contribution < -0.4 is 0 Å². The fraction of sp³-hybridized carbons (Fsp3) is 0. The summed E-state index contributed by atoms with van der Waals surface area (Å²) in [7, 11) is 0. The van der Waals surface area contributed by atoms with Crippen LogP contribution in [0, 0.1) is 0 Å². The predicted octanol–water partition coefficient (Wildman–Crippen LogP) is 9.66. The van der Waals surface area contributed by atoms with Gasteiger partial charge in [0, 0.05) is 47.5 Å². The van der Waals surface area contributed by atoms with E-state index in [0.29, 0.717) is 0 Å². The van der Waals surface area contributed by atoms with E-state index in [0.717, 1.165) is 0 Å². The van der Waals surface area contributed by atoms with Gasteiger partial charge < -0.3 is 4.98 Å². The van der Waals surface area contributed by atoms with E-state index in [-0.39, 0.29) is 0 Å². The van der Waals surface area contributed by atoms with E-state index >= 15 is 0 Å². The van der Waals surface area contributed by atoms with Crippen LogP contribution in [0.5, 0.6) is 0 Å². The molecule has 0 bridgehead atoms. The molecule has 2 aromatic heterocycles. The summed E-state index contributed by atoms with van der Waals surface area (Å²) in [6, 6.07) is 39.8. The van der Waals surface area contributed by atoms with Crippen molar-refractivity contribution >= 4 is 74.9 Å². The van der Waals surface area contributed by atoms with Crippen LogP contribution in [-0.4, -0.2) is 4.98 Å². The Balaban J connectivity index is 1.67. The van der Waals surface area contributed by atoms with E-state index in [4.69, 9.17) is 0 Å². The normalized spacial score (nSPS) is 12.1. The first kappa shape index (κ1) is 18.3. The summed E-state index contributed by atoms with van der Waals surface area (Å²) in [5.41, 5.74) is 4.98. The average molecular weight is 450 g/mol. The maximum Gasteiger partial charge on any atom is 0.0478 e. The molecule has 0 radical (unpaired) electrons. The first-order valence-electron chi connectivity index (χ1n) is 11.6. The molecular formula is C32H19NS. The molecule has 34 heavy (non-hydrogen) atoms. The van der Waals surface area contributed by atoms with Crippen LogP contribution in [-0.2, 0) is 0 Å². The zero-order chi connectivity index (χ0) is 22.2. The number of benzene rings is 6. The lowest BCUT2D eigenvalue weighted by Gasteiger charge is -2.10. The summed E-state index contributed by atoms with van der Waals surface area (Å²) in [6.07, 6.45) is 0. The standard InChI is InChI=1S/C32H19NS/c1-3-11-21-19(8-1)10-7-14-23(21)25-18-27-29(24-13-5-6-15-26(24)33-27)31-30-22-12-4-2-9-20(22)16-17-28(30)34-32(25)31/h1-18,33H. The van der Waals surface area contributed by atoms with Gasteiger partial charge in [-0.1, -0.05) is 91.0 Å². The second-order valence-electron chi connectivity index (χ2n) is 9.01. The summed E-state index contributed by atoms with van der Waals surface area (Å²) in [4.78, 5) is 3.74. The highest BCUT2D eigenvalue weighted by molar-refractivity contribution is 7.26. The Morgan fingerprint density at radius 1 is 0.471 bits per heavy atom. The highest BCUT2D eigenvalue weighted by Gasteiger charge is 2.20. The van der Waals surface area contributed by atoms with Crippen molar-refractivity contribution in [2.45, 2.75) is 0 Å². The van der Waals surface area contributed by atoms with Gasteiger partial charge in [0.15, 0.2) is 0 Å². The molecule has 158 valence electrons. The predicted molar refractivity (Wildman–Crippen MR) is 149 cm³/mol. The minimum absolute atomic E-state index is 1.19. The third-order valence-electron chi connectivity index (χ3n) is 7.18. The zero-order valence-corrected chi connectivity index (χ0v) is 19.1. The van der Waals surface area contributed by atoms with Crippen molar-refractivity contribution in [2.75, 3.05) is 0 Å². The van der Waals surface area contributed by atoms with Gasteiger partial charge in [0.25, 0.3) is 0 Å². The van der Waals surface area contributed by atoms with Crippen LogP contribution in [0.2, 0.25) is 0 Å². The molecular weight excluding hydrogens is 430 g/mol. The highest BCUT2D eigenvalue weighted by Crippen LogP contribution is 2.48. The first-order chi connectivity index (χ1) is 16.9. The number of thiophene rings is 1. The number of para-hydroxylation sites is 1. The van der Waals surface area contributed by atoms with E-state index in [9.17, 15) is 0 Å². The quantitative estimate of drug-likeness (QED) is 0.257. The number of hydrogen-bond donors (Lipinski definition) is 1. The van der Waals surface area contributed by atoms with E-state index < -0.39 is 0 Å². The van der Waals surface area contributed by atoms with Gasteiger partial charge in [0.1, 0.15) is 0 Å². The van der Waals surface area contributed by atoms with Gasteiger partial charge >= 0.3 is 0 Å². The Bertz CT molecular complexity index is 2070. The molecule has 0 spiro atoms. The van der Waals surface area contributed by atoms with Crippen LogP contribution in [0.15, 0.2) is 109 Å². The fourth-order valence-corrected chi connectivity index (χ4v) is 6.96. The number of rotatable bonds is 1. The Morgan fingerprint density at radius 3 is 2.06 bits per heavy atom. The monoisotopic (exact) mass is 449 g/mol.